The van der Waals surface area contributed by atoms with Crippen LogP contribution in [0.3, 0.4) is 0 Å². The third-order valence-electron chi connectivity index (χ3n) is 7.60. The van der Waals surface area contributed by atoms with Crippen molar-refractivity contribution in [1.82, 2.24) is 14.8 Å². The number of rotatable bonds is 8. The maximum absolute atomic E-state index is 13.9. The lowest BCUT2D eigenvalue weighted by molar-refractivity contribution is -0.154. The standard InChI is InChI=1S/C29H35N3O7/c1-4-38-26-15-22-18(13-25(26)37-3)9-10-32(29(35)31-11-12-39-27(17-31)28(33)34)24(22)8-5-19-16-30-23-7-6-20(36-2)14-21(19)23/h6-7,13-16,24,27,30H,4-5,8-12,17H2,1-3H3,(H,33,34). The van der Waals surface area contributed by atoms with Gasteiger partial charge in [0.15, 0.2) is 17.6 Å². The van der Waals surface area contributed by atoms with Crippen molar-refractivity contribution in [1.29, 1.82) is 0 Å². The van der Waals surface area contributed by atoms with Crippen LogP contribution in [0.1, 0.15) is 36.1 Å². The second kappa shape index (κ2) is 11.4. The number of methoxy groups -OCH3 is 2. The molecular formula is C29H35N3O7. The van der Waals surface area contributed by atoms with Crippen molar-refractivity contribution in [3.63, 3.8) is 0 Å². The highest BCUT2D eigenvalue weighted by Crippen LogP contribution is 2.41. The predicted molar refractivity (Wildman–Crippen MR) is 145 cm³/mol. The molecule has 0 aliphatic carbocycles. The number of H-pyrrole nitrogens is 1. The summed E-state index contributed by atoms with van der Waals surface area (Å²) < 4.78 is 22.3. The molecule has 3 heterocycles. The van der Waals surface area contributed by atoms with Crippen molar-refractivity contribution in [2.24, 2.45) is 0 Å². The molecule has 0 spiro atoms. The second-order valence-corrected chi connectivity index (χ2v) is 9.78. The number of carboxylic acids is 1. The normalized spacial score (nSPS) is 19.1. The summed E-state index contributed by atoms with van der Waals surface area (Å²) >= 11 is 0. The molecule has 10 heteroatoms. The molecule has 39 heavy (non-hydrogen) atoms. The molecule has 0 saturated carbocycles. The molecule has 1 aromatic heterocycles. The number of urea groups is 1. The minimum absolute atomic E-state index is 0.0271. The topological polar surface area (TPSA) is 114 Å². The Morgan fingerprint density at radius 3 is 2.72 bits per heavy atom. The van der Waals surface area contributed by atoms with Gasteiger partial charge in [-0.2, -0.15) is 0 Å². The number of ether oxygens (including phenoxy) is 4. The Bertz CT molecular complexity index is 1350. The lowest BCUT2D eigenvalue weighted by Crippen LogP contribution is -2.54. The van der Waals surface area contributed by atoms with Crippen LogP contribution in [0.4, 0.5) is 4.79 Å². The van der Waals surface area contributed by atoms with Crippen LogP contribution in [-0.4, -0.2) is 85.1 Å². The van der Waals surface area contributed by atoms with Crippen molar-refractivity contribution in [3.8, 4) is 17.2 Å². The summed E-state index contributed by atoms with van der Waals surface area (Å²) in [4.78, 5) is 32.2. The number of carbonyl (C=O) groups excluding carboxylic acids is 1. The summed E-state index contributed by atoms with van der Waals surface area (Å²) in [6.45, 7) is 3.51. The number of nitrogens with one attached hydrogen (secondary N) is 1. The number of morpholine rings is 1. The number of fused-ring (bicyclic) bond motifs is 2. The average Bonchev–Trinajstić information content (AvgIpc) is 3.37. The van der Waals surface area contributed by atoms with Gasteiger partial charge < -0.3 is 38.8 Å². The van der Waals surface area contributed by atoms with Crippen LogP contribution in [-0.2, 0) is 22.4 Å². The summed E-state index contributed by atoms with van der Waals surface area (Å²) in [5.74, 6) is 1.05. The summed E-state index contributed by atoms with van der Waals surface area (Å²) in [6, 6.07) is 9.57. The molecule has 0 radical (unpaired) electrons. The Balaban J connectivity index is 1.48. The molecule has 2 atom stereocenters. The third kappa shape index (κ3) is 5.34. The number of hydrogen-bond donors (Lipinski definition) is 2. The number of amides is 2. The first-order chi connectivity index (χ1) is 18.9. The van der Waals surface area contributed by atoms with E-state index in [9.17, 15) is 14.7 Å². The molecule has 2 N–H and O–H groups in total. The Morgan fingerprint density at radius 2 is 1.97 bits per heavy atom. The summed E-state index contributed by atoms with van der Waals surface area (Å²) in [5, 5.41) is 10.5. The van der Waals surface area contributed by atoms with E-state index in [2.05, 4.69) is 4.98 Å². The van der Waals surface area contributed by atoms with Crippen molar-refractivity contribution in [2.75, 3.05) is 47.1 Å². The molecule has 5 rings (SSSR count). The Morgan fingerprint density at radius 1 is 1.13 bits per heavy atom. The number of aryl methyl sites for hydroxylation is 1. The molecule has 10 nitrogen and oxygen atoms in total. The van der Waals surface area contributed by atoms with Gasteiger partial charge >= 0.3 is 12.0 Å². The van der Waals surface area contributed by atoms with Gasteiger partial charge in [-0.25, -0.2) is 9.59 Å². The lowest BCUT2D eigenvalue weighted by atomic mass is 9.88. The fraction of sp³-hybridized carbons (Fsp3) is 0.448. The molecule has 1 fully saturated rings. The van der Waals surface area contributed by atoms with E-state index in [1.165, 1.54) is 0 Å². The largest absolute Gasteiger partial charge is 0.497 e. The van der Waals surface area contributed by atoms with Gasteiger partial charge in [-0.3, -0.25) is 0 Å². The zero-order valence-corrected chi connectivity index (χ0v) is 22.6. The maximum Gasteiger partial charge on any atom is 0.334 e. The third-order valence-corrected chi connectivity index (χ3v) is 7.60. The molecule has 2 unspecified atom stereocenters. The van der Waals surface area contributed by atoms with Crippen LogP contribution >= 0.6 is 0 Å². The molecule has 3 aromatic rings. The van der Waals surface area contributed by atoms with Gasteiger partial charge in [0.1, 0.15) is 5.75 Å². The quantitative estimate of drug-likeness (QED) is 0.446. The highest BCUT2D eigenvalue weighted by atomic mass is 16.5. The van der Waals surface area contributed by atoms with Gasteiger partial charge in [0.05, 0.1) is 40.0 Å². The van der Waals surface area contributed by atoms with E-state index in [0.717, 1.165) is 39.8 Å². The molecule has 2 aliphatic rings. The van der Waals surface area contributed by atoms with Gasteiger partial charge in [0.2, 0.25) is 0 Å². The molecule has 0 bridgehead atoms. The Hall–Kier alpha value is -3.92. The summed E-state index contributed by atoms with van der Waals surface area (Å²) in [7, 11) is 3.28. The molecule has 208 valence electrons. The first kappa shape index (κ1) is 26.7. The van der Waals surface area contributed by atoms with E-state index >= 15 is 0 Å². The minimum atomic E-state index is -1.06. The Labute approximate surface area is 227 Å². The van der Waals surface area contributed by atoms with E-state index in [-0.39, 0.29) is 25.2 Å². The first-order valence-corrected chi connectivity index (χ1v) is 13.3. The van der Waals surface area contributed by atoms with E-state index in [1.54, 1.807) is 19.1 Å². The number of nitrogens with zero attached hydrogens (tertiary/aromatic N) is 2. The van der Waals surface area contributed by atoms with Crippen LogP contribution in [0.25, 0.3) is 10.9 Å². The van der Waals surface area contributed by atoms with E-state index in [1.807, 2.05) is 48.4 Å². The fourth-order valence-corrected chi connectivity index (χ4v) is 5.61. The second-order valence-electron chi connectivity index (χ2n) is 9.78. The van der Waals surface area contributed by atoms with Crippen LogP contribution in [0, 0.1) is 0 Å². The lowest BCUT2D eigenvalue weighted by Gasteiger charge is -2.42. The zero-order chi connectivity index (χ0) is 27.5. The molecular weight excluding hydrogens is 502 g/mol. The fourth-order valence-electron chi connectivity index (χ4n) is 5.61. The van der Waals surface area contributed by atoms with Crippen LogP contribution < -0.4 is 14.2 Å². The smallest absolute Gasteiger partial charge is 0.334 e. The number of hydrogen-bond acceptors (Lipinski definition) is 6. The molecule has 2 aromatic carbocycles. The predicted octanol–water partition coefficient (Wildman–Crippen LogP) is 4.02. The maximum atomic E-state index is 13.9. The number of benzene rings is 2. The first-order valence-electron chi connectivity index (χ1n) is 13.3. The highest BCUT2D eigenvalue weighted by molar-refractivity contribution is 5.84. The van der Waals surface area contributed by atoms with E-state index < -0.39 is 12.1 Å². The van der Waals surface area contributed by atoms with Crippen molar-refractivity contribution in [2.45, 2.75) is 38.3 Å². The molecule has 2 aliphatic heterocycles. The van der Waals surface area contributed by atoms with Crippen LogP contribution in [0.15, 0.2) is 36.5 Å². The van der Waals surface area contributed by atoms with Gasteiger partial charge in [-0.05, 0) is 73.2 Å². The molecule has 2 amide bonds. The van der Waals surface area contributed by atoms with Gasteiger partial charge in [-0.1, -0.05) is 0 Å². The average molecular weight is 538 g/mol. The highest BCUT2D eigenvalue weighted by Gasteiger charge is 2.37. The summed E-state index contributed by atoms with van der Waals surface area (Å²) in [5.41, 5.74) is 4.31. The molecule has 1 saturated heterocycles. The van der Waals surface area contributed by atoms with Gasteiger partial charge in [0.25, 0.3) is 0 Å². The van der Waals surface area contributed by atoms with Crippen molar-refractivity contribution < 1.29 is 33.6 Å². The van der Waals surface area contributed by atoms with Crippen molar-refractivity contribution >= 4 is 22.9 Å². The van der Waals surface area contributed by atoms with E-state index in [4.69, 9.17) is 18.9 Å². The SMILES string of the molecule is CCOc1cc2c(cc1OC)CCN(C(=O)N1CCOC(C(=O)O)C1)C2CCc1c[nH]c2ccc(OC)cc12. The van der Waals surface area contributed by atoms with Crippen molar-refractivity contribution in [3.05, 3.63) is 53.2 Å². The Kier molecular flexibility index (Phi) is 7.83. The van der Waals surface area contributed by atoms with E-state index in [0.29, 0.717) is 44.0 Å². The van der Waals surface area contributed by atoms with Crippen LogP contribution in [0.2, 0.25) is 0 Å². The number of carbonyl (C=O) groups is 2. The number of aliphatic carboxylic acids is 1. The monoisotopic (exact) mass is 537 g/mol. The zero-order valence-electron chi connectivity index (χ0n) is 22.6. The minimum Gasteiger partial charge on any atom is -0.497 e. The number of aromatic amines is 1. The summed E-state index contributed by atoms with van der Waals surface area (Å²) in [6.07, 6.45) is 3.05. The number of aromatic nitrogens is 1. The van der Waals surface area contributed by atoms with Gasteiger partial charge in [0, 0.05) is 30.2 Å². The van der Waals surface area contributed by atoms with Gasteiger partial charge in [-0.15, -0.1) is 0 Å². The van der Waals surface area contributed by atoms with Crippen LogP contribution in [0.5, 0.6) is 17.2 Å². The number of carboxylic acid groups (broad SMARTS) is 1.